The second-order valence-electron chi connectivity index (χ2n) is 5.67. The molecule has 0 fully saturated rings. The first kappa shape index (κ1) is 18.5. The molecule has 1 N–H and O–H groups in total. The average molecular weight is 439 g/mol. The molecule has 0 aliphatic rings. The van der Waals surface area contributed by atoms with Gasteiger partial charge in [0.15, 0.2) is 6.73 Å². The van der Waals surface area contributed by atoms with Crippen LogP contribution in [0.2, 0.25) is 5.02 Å². The lowest BCUT2D eigenvalue weighted by Gasteiger charge is -2.08. The smallest absolute Gasteiger partial charge is 0.272 e. The summed E-state index contributed by atoms with van der Waals surface area (Å²) >= 11 is 9.40. The summed E-state index contributed by atoms with van der Waals surface area (Å²) < 4.78 is 9.76. The highest BCUT2D eigenvalue weighted by Crippen LogP contribution is 2.21. The number of nitrogens with one attached hydrogen (secondary N) is 1. The van der Waals surface area contributed by atoms with Gasteiger partial charge in [-0.1, -0.05) is 11.6 Å². The molecule has 0 saturated heterocycles. The van der Waals surface area contributed by atoms with E-state index in [0.717, 1.165) is 15.7 Å². The second kappa shape index (κ2) is 7.92. The van der Waals surface area contributed by atoms with Gasteiger partial charge in [-0.25, -0.2) is 4.68 Å². The van der Waals surface area contributed by atoms with Gasteiger partial charge in [-0.15, -0.1) is 0 Å². The highest BCUT2D eigenvalue weighted by molar-refractivity contribution is 9.10. The van der Waals surface area contributed by atoms with Crippen LogP contribution in [0.5, 0.6) is 5.75 Å². The van der Waals surface area contributed by atoms with E-state index in [9.17, 15) is 4.79 Å². The molecule has 1 amide bonds. The number of hydrogen-bond donors (Lipinski definition) is 1. The van der Waals surface area contributed by atoms with Crippen LogP contribution in [0.25, 0.3) is 0 Å². The van der Waals surface area contributed by atoms with Crippen LogP contribution in [0.4, 0.5) is 0 Å². The first-order valence-corrected chi connectivity index (χ1v) is 8.98. The van der Waals surface area contributed by atoms with E-state index in [-0.39, 0.29) is 12.6 Å². The molecule has 0 spiro atoms. The number of halogens is 2. The zero-order valence-corrected chi connectivity index (χ0v) is 16.6. The second-order valence-corrected chi connectivity index (χ2v) is 6.93. The molecule has 7 nitrogen and oxygen atoms in total. The molecule has 26 heavy (non-hydrogen) atoms. The minimum atomic E-state index is -0.265. The lowest BCUT2D eigenvalue weighted by Crippen LogP contribution is -2.25. The Hall–Kier alpha value is -2.32. The largest absolute Gasteiger partial charge is 0.471 e. The Morgan fingerprint density at radius 2 is 2.19 bits per heavy atom. The van der Waals surface area contributed by atoms with E-state index in [1.54, 1.807) is 40.0 Å². The highest BCUT2D eigenvalue weighted by atomic mass is 79.9. The third-order valence-electron chi connectivity index (χ3n) is 3.79. The monoisotopic (exact) mass is 437 g/mol. The molecule has 0 saturated carbocycles. The molecular formula is C17H17BrClN5O2. The molecule has 0 aliphatic carbocycles. The first-order valence-electron chi connectivity index (χ1n) is 7.81. The average Bonchev–Trinajstić information content (AvgIpc) is 3.21. The number of ether oxygens (including phenoxy) is 1. The summed E-state index contributed by atoms with van der Waals surface area (Å²) in [5, 5.41) is 11.9. The number of nitrogens with zero attached hydrogens (tertiary/aromatic N) is 4. The van der Waals surface area contributed by atoms with Gasteiger partial charge in [0.1, 0.15) is 11.4 Å². The Balaban J connectivity index is 1.56. The van der Waals surface area contributed by atoms with Crippen molar-refractivity contribution in [3.63, 3.8) is 0 Å². The van der Waals surface area contributed by atoms with Crippen molar-refractivity contribution in [3.05, 3.63) is 63.1 Å². The molecule has 1 aromatic carbocycles. The van der Waals surface area contributed by atoms with Crippen LogP contribution in [-0.4, -0.2) is 25.5 Å². The quantitative estimate of drug-likeness (QED) is 0.641. The van der Waals surface area contributed by atoms with E-state index in [0.29, 0.717) is 23.0 Å². The topological polar surface area (TPSA) is 74.0 Å². The van der Waals surface area contributed by atoms with Gasteiger partial charge in [0.25, 0.3) is 5.91 Å². The van der Waals surface area contributed by atoms with Crippen molar-refractivity contribution >= 4 is 33.4 Å². The standard InChI is InChI=1S/C17H17BrClN5O2/c1-11-7-12(3-4-14(11)19)26-10-24-6-5-15(22-24)17(25)20-9-16-13(18)8-21-23(16)2/h3-8H,9-10H2,1-2H3,(H,20,25). The summed E-state index contributed by atoms with van der Waals surface area (Å²) in [6, 6.07) is 7.07. The number of carbonyl (C=O) groups is 1. The van der Waals surface area contributed by atoms with Crippen molar-refractivity contribution in [2.75, 3.05) is 0 Å². The van der Waals surface area contributed by atoms with Crippen molar-refractivity contribution < 1.29 is 9.53 Å². The fraction of sp³-hybridized carbons (Fsp3) is 0.235. The van der Waals surface area contributed by atoms with Crippen LogP contribution in [0.15, 0.2) is 41.1 Å². The molecular weight excluding hydrogens is 422 g/mol. The van der Waals surface area contributed by atoms with Crippen LogP contribution in [0.1, 0.15) is 21.7 Å². The van der Waals surface area contributed by atoms with Crippen molar-refractivity contribution in [1.29, 1.82) is 0 Å². The minimum absolute atomic E-state index is 0.196. The number of hydrogen-bond acceptors (Lipinski definition) is 4. The highest BCUT2D eigenvalue weighted by Gasteiger charge is 2.12. The summed E-state index contributed by atoms with van der Waals surface area (Å²) in [4.78, 5) is 12.2. The fourth-order valence-corrected chi connectivity index (χ4v) is 2.90. The Bertz CT molecular complexity index is 918. The number of amides is 1. The minimum Gasteiger partial charge on any atom is -0.471 e. The van der Waals surface area contributed by atoms with Gasteiger partial charge >= 0.3 is 0 Å². The number of benzene rings is 1. The Morgan fingerprint density at radius 1 is 1.38 bits per heavy atom. The van der Waals surface area contributed by atoms with E-state index < -0.39 is 0 Å². The summed E-state index contributed by atoms with van der Waals surface area (Å²) in [6.07, 6.45) is 3.38. The van der Waals surface area contributed by atoms with Crippen molar-refractivity contribution in [2.45, 2.75) is 20.2 Å². The summed E-state index contributed by atoms with van der Waals surface area (Å²) in [5.41, 5.74) is 2.13. The summed E-state index contributed by atoms with van der Waals surface area (Å²) in [5.74, 6) is 0.425. The van der Waals surface area contributed by atoms with Crippen molar-refractivity contribution in [1.82, 2.24) is 24.9 Å². The molecule has 3 rings (SSSR count). The molecule has 3 aromatic rings. The molecule has 2 aromatic heterocycles. The van der Waals surface area contributed by atoms with E-state index >= 15 is 0 Å². The van der Waals surface area contributed by atoms with Gasteiger partial charge in [-0.2, -0.15) is 10.2 Å². The number of carbonyl (C=O) groups excluding carboxylic acids is 1. The van der Waals surface area contributed by atoms with Gasteiger partial charge in [-0.3, -0.25) is 9.48 Å². The van der Waals surface area contributed by atoms with Gasteiger partial charge in [0.2, 0.25) is 0 Å². The SMILES string of the molecule is Cc1cc(OCn2ccc(C(=O)NCc3c(Br)cnn3C)n2)ccc1Cl. The maximum absolute atomic E-state index is 12.2. The van der Waals surface area contributed by atoms with Gasteiger partial charge in [0.05, 0.1) is 22.9 Å². The Kier molecular flexibility index (Phi) is 5.63. The van der Waals surface area contributed by atoms with E-state index in [4.69, 9.17) is 16.3 Å². The summed E-state index contributed by atoms with van der Waals surface area (Å²) in [7, 11) is 1.82. The lowest BCUT2D eigenvalue weighted by atomic mass is 10.2. The predicted molar refractivity (Wildman–Crippen MR) is 101 cm³/mol. The van der Waals surface area contributed by atoms with Crippen LogP contribution >= 0.6 is 27.5 Å². The number of aryl methyl sites for hydroxylation is 2. The summed E-state index contributed by atoms with van der Waals surface area (Å²) in [6.45, 7) is 2.46. The van der Waals surface area contributed by atoms with Crippen LogP contribution in [0, 0.1) is 6.92 Å². The lowest BCUT2D eigenvalue weighted by molar-refractivity contribution is 0.0943. The van der Waals surface area contributed by atoms with Gasteiger partial charge in [0, 0.05) is 18.3 Å². The van der Waals surface area contributed by atoms with Crippen LogP contribution < -0.4 is 10.1 Å². The molecule has 0 atom stereocenters. The van der Waals surface area contributed by atoms with E-state index in [2.05, 4.69) is 31.4 Å². The van der Waals surface area contributed by atoms with Crippen molar-refractivity contribution in [2.24, 2.45) is 7.05 Å². The zero-order chi connectivity index (χ0) is 18.7. The molecule has 9 heteroatoms. The molecule has 0 radical (unpaired) electrons. The van der Waals surface area contributed by atoms with Gasteiger partial charge in [-0.05, 0) is 52.7 Å². The predicted octanol–water partition coefficient (Wildman–Crippen LogP) is 3.31. The maximum atomic E-state index is 12.2. The first-order chi connectivity index (χ1) is 12.4. The Labute approximate surface area is 164 Å². The molecule has 0 unspecified atom stereocenters. The fourth-order valence-electron chi connectivity index (χ4n) is 2.29. The van der Waals surface area contributed by atoms with Crippen LogP contribution in [-0.2, 0) is 20.3 Å². The third kappa shape index (κ3) is 4.25. The van der Waals surface area contributed by atoms with Crippen molar-refractivity contribution in [3.8, 4) is 5.75 Å². The Morgan fingerprint density at radius 3 is 2.88 bits per heavy atom. The van der Waals surface area contributed by atoms with E-state index in [1.807, 2.05) is 20.0 Å². The maximum Gasteiger partial charge on any atom is 0.272 e. The molecule has 0 aliphatic heterocycles. The normalized spacial score (nSPS) is 10.8. The number of rotatable bonds is 6. The molecule has 0 bridgehead atoms. The zero-order valence-electron chi connectivity index (χ0n) is 14.2. The number of aromatic nitrogens is 4. The molecule has 136 valence electrons. The third-order valence-corrected chi connectivity index (χ3v) is 4.88. The van der Waals surface area contributed by atoms with E-state index in [1.165, 1.54) is 0 Å². The molecule has 2 heterocycles. The van der Waals surface area contributed by atoms with Crippen LogP contribution in [0.3, 0.4) is 0 Å². The van der Waals surface area contributed by atoms with Gasteiger partial charge < -0.3 is 10.1 Å².